The Morgan fingerprint density at radius 2 is 2.47 bits per heavy atom. The van der Waals surface area contributed by atoms with Crippen LogP contribution in [0.3, 0.4) is 0 Å². The van der Waals surface area contributed by atoms with Crippen LogP contribution in [0.5, 0.6) is 0 Å². The molecule has 1 fully saturated rings. The third-order valence-corrected chi connectivity index (χ3v) is 3.67. The second kappa shape index (κ2) is 4.89. The van der Waals surface area contributed by atoms with Crippen LogP contribution in [0.4, 0.5) is 10.9 Å². The molecule has 0 aromatic carbocycles. The first-order chi connectivity index (χ1) is 8.11. The number of rotatable bonds is 2. The summed E-state index contributed by atoms with van der Waals surface area (Å²) in [5.41, 5.74) is 5.74. The number of nitrogens with two attached hydrogens (primary N) is 1. The molecule has 94 valence electrons. The molecule has 2 heterocycles. The summed E-state index contributed by atoms with van der Waals surface area (Å²) >= 11 is 1.28. The number of aromatic nitrogens is 1. The van der Waals surface area contributed by atoms with Crippen LogP contribution in [0.2, 0.25) is 0 Å². The molecule has 3 N–H and O–H groups in total. The minimum absolute atomic E-state index is 0.0587. The minimum atomic E-state index is -0.0587. The Kier molecular flexibility index (Phi) is 3.49. The van der Waals surface area contributed by atoms with Crippen molar-refractivity contribution in [2.75, 3.05) is 37.8 Å². The monoisotopic (exact) mass is 256 g/mol. The van der Waals surface area contributed by atoms with Gasteiger partial charge in [0.1, 0.15) is 10.7 Å². The van der Waals surface area contributed by atoms with Gasteiger partial charge in [0.05, 0.1) is 12.7 Å². The second-order valence-electron chi connectivity index (χ2n) is 3.92. The number of amides is 1. The molecule has 1 aromatic rings. The van der Waals surface area contributed by atoms with Gasteiger partial charge in [0.25, 0.3) is 5.91 Å². The van der Waals surface area contributed by atoms with Crippen molar-refractivity contribution >= 4 is 28.2 Å². The molecule has 1 atom stereocenters. The van der Waals surface area contributed by atoms with Crippen LogP contribution < -0.4 is 11.1 Å². The number of anilines is 2. The van der Waals surface area contributed by atoms with Gasteiger partial charge in [-0.2, -0.15) is 0 Å². The van der Waals surface area contributed by atoms with Crippen molar-refractivity contribution in [3.8, 4) is 0 Å². The first-order valence-electron chi connectivity index (χ1n) is 5.46. The Bertz CT molecular complexity index is 420. The van der Waals surface area contributed by atoms with Crippen LogP contribution in [-0.4, -0.2) is 48.6 Å². The van der Waals surface area contributed by atoms with E-state index in [-0.39, 0.29) is 12.0 Å². The highest BCUT2D eigenvalue weighted by atomic mass is 32.1. The predicted octanol–water partition coefficient (Wildman–Crippen LogP) is 0.628. The van der Waals surface area contributed by atoms with Crippen LogP contribution in [-0.2, 0) is 4.74 Å². The van der Waals surface area contributed by atoms with Gasteiger partial charge in [0, 0.05) is 20.1 Å². The third kappa shape index (κ3) is 2.50. The highest BCUT2D eigenvalue weighted by Gasteiger charge is 2.26. The number of nitrogens with one attached hydrogen (secondary N) is 1. The summed E-state index contributed by atoms with van der Waals surface area (Å²) in [6.45, 7) is 3.74. The van der Waals surface area contributed by atoms with Crippen molar-refractivity contribution in [1.29, 1.82) is 0 Å². The van der Waals surface area contributed by atoms with Crippen LogP contribution in [0.15, 0.2) is 0 Å². The van der Waals surface area contributed by atoms with Crippen LogP contribution >= 0.6 is 11.3 Å². The van der Waals surface area contributed by atoms with Gasteiger partial charge in [-0.05, 0) is 6.92 Å². The van der Waals surface area contributed by atoms with Crippen LogP contribution in [0.1, 0.15) is 16.6 Å². The third-order valence-electron chi connectivity index (χ3n) is 2.59. The van der Waals surface area contributed by atoms with E-state index in [1.807, 2.05) is 6.92 Å². The van der Waals surface area contributed by atoms with Gasteiger partial charge >= 0.3 is 0 Å². The summed E-state index contributed by atoms with van der Waals surface area (Å²) in [5, 5.41) is 3.55. The number of hydrogen-bond donors (Lipinski definition) is 2. The van der Waals surface area contributed by atoms with E-state index in [9.17, 15) is 4.79 Å². The Morgan fingerprint density at radius 3 is 3.06 bits per heavy atom. The Hall–Kier alpha value is -1.34. The number of morpholine rings is 1. The SMILES string of the molecule is CNc1nc(N)c(C(=O)N2CCOC(C)C2)s1. The number of thiazole rings is 1. The molecular formula is C10H16N4O2S. The molecule has 0 aliphatic carbocycles. The predicted molar refractivity (Wildman–Crippen MR) is 67.4 cm³/mol. The Balaban J connectivity index is 2.15. The number of nitrogen functional groups attached to an aromatic ring is 1. The molecule has 2 rings (SSSR count). The average molecular weight is 256 g/mol. The lowest BCUT2D eigenvalue weighted by Gasteiger charge is -2.30. The number of carbonyl (C=O) groups is 1. The van der Waals surface area contributed by atoms with Crippen molar-refractivity contribution in [2.45, 2.75) is 13.0 Å². The van der Waals surface area contributed by atoms with E-state index in [1.54, 1.807) is 11.9 Å². The lowest BCUT2D eigenvalue weighted by atomic mass is 10.3. The first kappa shape index (κ1) is 12.1. The molecule has 17 heavy (non-hydrogen) atoms. The van der Waals surface area contributed by atoms with Gasteiger partial charge < -0.3 is 20.7 Å². The number of nitrogens with zero attached hydrogens (tertiary/aromatic N) is 2. The average Bonchev–Trinajstić information content (AvgIpc) is 2.69. The van der Waals surface area contributed by atoms with Gasteiger partial charge in [-0.3, -0.25) is 4.79 Å². The van der Waals surface area contributed by atoms with Gasteiger partial charge in [-0.25, -0.2) is 4.98 Å². The molecule has 6 nitrogen and oxygen atoms in total. The topological polar surface area (TPSA) is 80.5 Å². The minimum Gasteiger partial charge on any atom is -0.382 e. The van der Waals surface area contributed by atoms with Crippen molar-refractivity contribution in [2.24, 2.45) is 0 Å². The molecule has 1 amide bonds. The molecule has 1 aromatic heterocycles. The fourth-order valence-electron chi connectivity index (χ4n) is 1.74. The van der Waals surface area contributed by atoms with Crippen molar-refractivity contribution in [3.05, 3.63) is 4.88 Å². The van der Waals surface area contributed by atoms with E-state index in [2.05, 4.69) is 10.3 Å². The molecule has 1 aliphatic heterocycles. The van der Waals surface area contributed by atoms with Crippen LogP contribution in [0.25, 0.3) is 0 Å². The number of hydrogen-bond acceptors (Lipinski definition) is 6. The molecular weight excluding hydrogens is 240 g/mol. The molecule has 7 heteroatoms. The van der Waals surface area contributed by atoms with Crippen LogP contribution in [0, 0.1) is 0 Å². The van der Waals surface area contributed by atoms with E-state index < -0.39 is 0 Å². The summed E-state index contributed by atoms with van der Waals surface area (Å²) in [5.74, 6) is 0.236. The summed E-state index contributed by atoms with van der Waals surface area (Å²) in [4.78, 5) is 18.6. The summed E-state index contributed by atoms with van der Waals surface area (Å²) < 4.78 is 5.40. The zero-order chi connectivity index (χ0) is 12.4. The molecule has 0 radical (unpaired) electrons. The normalized spacial score (nSPS) is 20.4. The van der Waals surface area contributed by atoms with Gasteiger partial charge in [-0.15, -0.1) is 0 Å². The fraction of sp³-hybridized carbons (Fsp3) is 0.600. The van der Waals surface area contributed by atoms with Crippen molar-refractivity contribution < 1.29 is 9.53 Å². The Morgan fingerprint density at radius 1 is 1.71 bits per heavy atom. The highest BCUT2D eigenvalue weighted by molar-refractivity contribution is 7.18. The molecule has 0 bridgehead atoms. The van der Waals surface area contributed by atoms with E-state index in [0.29, 0.717) is 35.5 Å². The molecule has 1 aliphatic rings. The molecule has 1 saturated heterocycles. The first-order valence-corrected chi connectivity index (χ1v) is 6.28. The fourth-order valence-corrected chi connectivity index (χ4v) is 2.54. The lowest BCUT2D eigenvalue weighted by molar-refractivity contribution is -0.0122. The van der Waals surface area contributed by atoms with E-state index in [0.717, 1.165) is 0 Å². The van der Waals surface area contributed by atoms with Gasteiger partial charge in [0.2, 0.25) is 0 Å². The molecule has 1 unspecified atom stereocenters. The maximum Gasteiger partial charge on any atom is 0.268 e. The maximum absolute atomic E-state index is 12.2. The summed E-state index contributed by atoms with van der Waals surface area (Å²) in [7, 11) is 1.75. The molecule has 0 saturated carbocycles. The van der Waals surface area contributed by atoms with E-state index >= 15 is 0 Å². The van der Waals surface area contributed by atoms with E-state index in [1.165, 1.54) is 11.3 Å². The zero-order valence-corrected chi connectivity index (χ0v) is 10.7. The standard InChI is InChI=1S/C10H16N4O2S/c1-6-5-14(3-4-16-6)9(15)7-8(11)13-10(12-2)17-7/h6H,3-5,11H2,1-2H3,(H,12,13). The van der Waals surface area contributed by atoms with Crippen molar-refractivity contribution in [3.63, 3.8) is 0 Å². The summed E-state index contributed by atoms with van der Waals surface area (Å²) in [6, 6.07) is 0. The number of ether oxygens (including phenoxy) is 1. The lowest BCUT2D eigenvalue weighted by Crippen LogP contribution is -2.44. The van der Waals surface area contributed by atoms with Gasteiger partial charge in [0.15, 0.2) is 5.13 Å². The maximum atomic E-state index is 12.2. The molecule has 0 spiro atoms. The largest absolute Gasteiger partial charge is 0.382 e. The highest BCUT2D eigenvalue weighted by Crippen LogP contribution is 2.26. The van der Waals surface area contributed by atoms with Crippen molar-refractivity contribution in [1.82, 2.24) is 9.88 Å². The smallest absolute Gasteiger partial charge is 0.268 e. The second-order valence-corrected chi connectivity index (χ2v) is 4.92. The summed E-state index contributed by atoms with van der Waals surface area (Å²) in [6.07, 6.45) is 0.0746. The quantitative estimate of drug-likeness (QED) is 0.811. The zero-order valence-electron chi connectivity index (χ0n) is 9.90. The Labute approximate surface area is 104 Å². The van der Waals surface area contributed by atoms with E-state index in [4.69, 9.17) is 10.5 Å². The van der Waals surface area contributed by atoms with Gasteiger partial charge in [-0.1, -0.05) is 11.3 Å². The number of carbonyl (C=O) groups excluding carboxylic acids is 1.